The van der Waals surface area contributed by atoms with Gasteiger partial charge in [-0.1, -0.05) is 12.1 Å². The van der Waals surface area contributed by atoms with Crippen molar-refractivity contribution in [2.75, 3.05) is 5.32 Å². The Labute approximate surface area is 145 Å². The molecule has 1 aliphatic rings. The number of hydrogen-bond acceptors (Lipinski definition) is 3. The molecule has 5 heteroatoms. The van der Waals surface area contributed by atoms with Crippen LogP contribution in [0.25, 0.3) is 11.3 Å². The summed E-state index contributed by atoms with van der Waals surface area (Å²) in [5.41, 5.74) is 6.95. The number of thiophene rings is 1. The molecule has 122 valence electrons. The molecule has 4 nitrogen and oxygen atoms in total. The first-order chi connectivity index (χ1) is 11.5. The molecule has 0 radical (unpaired) electrons. The molecule has 2 aromatic heterocycles. The fraction of sp³-hybridized carbons (Fsp3) is 0.263. The van der Waals surface area contributed by atoms with Crippen LogP contribution in [-0.2, 0) is 19.9 Å². The molecule has 0 aliphatic heterocycles. The van der Waals surface area contributed by atoms with E-state index in [4.69, 9.17) is 0 Å². The number of aromatic nitrogens is 2. The third kappa shape index (κ3) is 2.36. The number of amides is 1. The molecule has 0 saturated carbocycles. The van der Waals surface area contributed by atoms with Gasteiger partial charge in [0, 0.05) is 28.7 Å². The van der Waals surface area contributed by atoms with E-state index >= 15 is 0 Å². The van der Waals surface area contributed by atoms with Crippen molar-refractivity contribution in [2.24, 2.45) is 7.05 Å². The Hall–Kier alpha value is -2.40. The van der Waals surface area contributed by atoms with Crippen molar-refractivity contribution in [2.45, 2.75) is 26.7 Å². The van der Waals surface area contributed by atoms with Crippen molar-refractivity contribution in [1.82, 2.24) is 9.78 Å². The van der Waals surface area contributed by atoms with E-state index in [0.717, 1.165) is 40.9 Å². The van der Waals surface area contributed by atoms with Gasteiger partial charge in [0.25, 0.3) is 5.91 Å². The minimum Gasteiger partial charge on any atom is -0.320 e. The van der Waals surface area contributed by atoms with E-state index in [1.165, 1.54) is 10.4 Å². The summed E-state index contributed by atoms with van der Waals surface area (Å²) in [6.45, 7) is 4.02. The summed E-state index contributed by atoms with van der Waals surface area (Å²) in [6, 6.07) is 8.20. The summed E-state index contributed by atoms with van der Waals surface area (Å²) >= 11 is 1.78. The molecule has 1 aliphatic carbocycles. The second kappa shape index (κ2) is 5.60. The minimum absolute atomic E-state index is 0.126. The van der Waals surface area contributed by atoms with Crippen LogP contribution in [0.2, 0.25) is 0 Å². The fourth-order valence-electron chi connectivity index (χ4n) is 3.36. The molecule has 0 fully saturated rings. The molecule has 3 aromatic rings. The lowest BCUT2D eigenvalue weighted by molar-refractivity contribution is 0.102. The summed E-state index contributed by atoms with van der Waals surface area (Å²) in [5.74, 6) is -0.126. The van der Waals surface area contributed by atoms with Gasteiger partial charge in [-0.05, 0) is 55.3 Å². The van der Waals surface area contributed by atoms with Crippen LogP contribution in [0.15, 0.2) is 29.6 Å². The molecule has 0 saturated heterocycles. The maximum absolute atomic E-state index is 12.8. The smallest absolute Gasteiger partial charge is 0.276 e. The van der Waals surface area contributed by atoms with Gasteiger partial charge >= 0.3 is 0 Å². The van der Waals surface area contributed by atoms with E-state index in [1.54, 1.807) is 11.3 Å². The first-order valence-electron chi connectivity index (χ1n) is 8.06. The summed E-state index contributed by atoms with van der Waals surface area (Å²) < 4.78 is 1.85. The standard InChI is InChI=1S/C19H19N3OS/c1-11-4-5-12(2)15(10-11)20-19(23)17-14-6-7-16-13(8-9-24-16)18(14)22(3)21-17/h4-5,8-10H,6-7H2,1-3H3,(H,20,23). The van der Waals surface area contributed by atoms with E-state index in [-0.39, 0.29) is 5.91 Å². The number of carbonyl (C=O) groups is 1. The van der Waals surface area contributed by atoms with Crippen LogP contribution < -0.4 is 5.32 Å². The van der Waals surface area contributed by atoms with Crippen LogP contribution in [0.3, 0.4) is 0 Å². The van der Waals surface area contributed by atoms with Gasteiger partial charge in [0.1, 0.15) is 0 Å². The van der Waals surface area contributed by atoms with Crippen molar-refractivity contribution >= 4 is 22.9 Å². The molecule has 0 unspecified atom stereocenters. The highest BCUT2D eigenvalue weighted by atomic mass is 32.1. The molecule has 0 atom stereocenters. The summed E-state index contributed by atoms with van der Waals surface area (Å²) in [6.07, 6.45) is 1.85. The van der Waals surface area contributed by atoms with Crippen molar-refractivity contribution in [3.63, 3.8) is 0 Å². The Morgan fingerprint density at radius 3 is 2.92 bits per heavy atom. The first kappa shape index (κ1) is 15.1. The number of hydrogen-bond donors (Lipinski definition) is 1. The zero-order valence-electron chi connectivity index (χ0n) is 14.0. The Bertz CT molecular complexity index is 952. The number of fused-ring (bicyclic) bond motifs is 3. The molecule has 2 heterocycles. The monoisotopic (exact) mass is 337 g/mol. The maximum atomic E-state index is 12.8. The largest absolute Gasteiger partial charge is 0.320 e. The van der Waals surface area contributed by atoms with Crippen LogP contribution >= 0.6 is 11.3 Å². The molecule has 24 heavy (non-hydrogen) atoms. The number of benzene rings is 1. The van der Waals surface area contributed by atoms with Gasteiger partial charge in [-0.2, -0.15) is 5.10 Å². The molecule has 0 spiro atoms. The fourth-order valence-corrected chi connectivity index (χ4v) is 4.24. The third-order valence-electron chi connectivity index (χ3n) is 4.60. The highest BCUT2D eigenvalue weighted by molar-refractivity contribution is 7.10. The predicted octanol–water partition coefficient (Wildman–Crippen LogP) is 4.12. The lowest BCUT2D eigenvalue weighted by Crippen LogP contribution is -2.16. The highest BCUT2D eigenvalue weighted by Gasteiger charge is 2.28. The Balaban J connectivity index is 1.72. The Morgan fingerprint density at radius 1 is 1.25 bits per heavy atom. The van der Waals surface area contributed by atoms with E-state index in [0.29, 0.717) is 5.69 Å². The number of anilines is 1. The lowest BCUT2D eigenvalue weighted by Gasteiger charge is -2.14. The zero-order chi connectivity index (χ0) is 16.8. The number of nitrogens with one attached hydrogen (secondary N) is 1. The average molecular weight is 337 g/mol. The van der Waals surface area contributed by atoms with Gasteiger partial charge in [0.05, 0.1) is 5.69 Å². The minimum atomic E-state index is -0.126. The van der Waals surface area contributed by atoms with Crippen LogP contribution in [0, 0.1) is 13.8 Å². The molecule has 1 aromatic carbocycles. The molecule has 1 N–H and O–H groups in total. The van der Waals surface area contributed by atoms with Crippen molar-refractivity contribution in [1.29, 1.82) is 0 Å². The lowest BCUT2D eigenvalue weighted by atomic mass is 9.94. The predicted molar refractivity (Wildman–Crippen MR) is 97.8 cm³/mol. The van der Waals surface area contributed by atoms with E-state index in [1.807, 2.05) is 43.8 Å². The average Bonchev–Trinajstić information content (AvgIpc) is 3.15. The topological polar surface area (TPSA) is 46.9 Å². The molecule has 1 amide bonds. The second-order valence-corrected chi connectivity index (χ2v) is 7.33. The number of rotatable bonds is 2. The Kier molecular flexibility index (Phi) is 3.53. The highest BCUT2D eigenvalue weighted by Crippen LogP contribution is 2.38. The third-order valence-corrected chi connectivity index (χ3v) is 5.58. The molecule has 4 rings (SSSR count). The zero-order valence-corrected chi connectivity index (χ0v) is 14.8. The van der Waals surface area contributed by atoms with E-state index in [2.05, 4.69) is 21.9 Å². The summed E-state index contributed by atoms with van der Waals surface area (Å²) in [7, 11) is 1.92. The van der Waals surface area contributed by atoms with E-state index < -0.39 is 0 Å². The molecule has 0 bridgehead atoms. The number of carbonyl (C=O) groups excluding carboxylic acids is 1. The van der Waals surface area contributed by atoms with Crippen molar-refractivity contribution in [3.05, 3.63) is 56.9 Å². The van der Waals surface area contributed by atoms with Crippen LogP contribution in [0.4, 0.5) is 5.69 Å². The Morgan fingerprint density at radius 2 is 2.08 bits per heavy atom. The van der Waals surface area contributed by atoms with Gasteiger partial charge in [-0.25, -0.2) is 0 Å². The van der Waals surface area contributed by atoms with Crippen LogP contribution in [0.5, 0.6) is 0 Å². The van der Waals surface area contributed by atoms with Gasteiger partial charge in [-0.3, -0.25) is 9.48 Å². The molecular weight excluding hydrogens is 318 g/mol. The van der Waals surface area contributed by atoms with Crippen molar-refractivity contribution in [3.8, 4) is 11.3 Å². The number of aryl methyl sites for hydroxylation is 4. The normalized spacial score (nSPS) is 12.6. The van der Waals surface area contributed by atoms with Crippen LogP contribution in [0.1, 0.15) is 32.1 Å². The molecular formula is C19H19N3OS. The SMILES string of the molecule is Cc1ccc(C)c(NC(=O)c2nn(C)c3c2CCc2sccc2-3)c1. The van der Waals surface area contributed by atoms with Gasteiger partial charge in [0.2, 0.25) is 0 Å². The van der Waals surface area contributed by atoms with E-state index in [9.17, 15) is 4.79 Å². The first-order valence-corrected chi connectivity index (χ1v) is 8.94. The summed E-state index contributed by atoms with van der Waals surface area (Å²) in [4.78, 5) is 14.2. The maximum Gasteiger partial charge on any atom is 0.276 e. The number of nitrogens with zero attached hydrogens (tertiary/aromatic N) is 2. The van der Waals surface area contributed by atoms with Gasteiger partial charge in [-0.15, -0.1) is 11.3 Å². The van der Waals surface area contributed by atoms with Crippen LogP contribution in [-0.4, -0.2) is 15.7 Å². The summed E-state index contributed by atoms with van der Waals surface area (Å²) in [5, 5.41) is 9.68. The van der Waals surface area contributed by atoms with Gasteiger partial charge < -0.3 is 5.32 Å². The van der Waals surface area contributed by atoms with Crippen molar-refractivity contribution < 1.29 is 4.79 Å². The van der Waals surface area contributed by atoms with Gasteiger partial charge in [0.15, 0.2) is 5.69 Å². The second-order valence-electron chi connectivity index (χ2n) is 6.33. The quantitative estimate of drug-likeness (QED) is 0.765.